The van der Waals surface area contributed by atoms with Crippen LogP contribution in [0.4, 0.5) is 4.79 Å². The minimum atomic E-state index is -0.417. The van der Waals surface area contributed by atoms with Gasteiger partial charge in [-0.3, -0.25) is 4.90 Å². The lowest BCUT2D eigenvalue weighted by molar-refractivity contribution is 0.0143. The molecule has 1 atom stereocenters. The Labute approximate surface area is 104 Å². The molecular weight excluding hydrogens is 218 g/mol. The zero-order chi connectivity index (χ0) is 13.1. The molecular formula is C12H25N3O2. The summed E-state index contributed by atoms with van der Waals surface area (Å²) in [7, 11) is 0. The molecule has 1 unspecified atom stereocenters. The number of piperazine rings is 1. The van der Waals surface area contributed by atoms with E-state index in [0.29, 0.717) is 0 Å². The highest BCUT2D eigenvalue weighted by Crippen LogP contribution is 2.11. The second-order valence-electron chi connectivity index (χ2n) is 5.75. The Bertz CT molecular complexity index is 253. The number of hydrogen-bond donors (Lipinski definition) is 1. The number of nitrogens with zero attached hydrogens (tertiary/aromatic N) is 2. The minimum Gasteiger partial charge on any atom is -0.444 e. The van der Waals surface area contributed by atoms with Crippen molar-refractivity contribution in [2.24, 2.45) is 5.73 Å². The van der Waals surface area contributed by atoms with Crippen molar-refractivity contribution in [3.05, 3.63) is 0 Å². The number of rotatable bonds is 2. The van der Waals surface area contributed by atoms with Gasteiger partial charge in [-0.15, -0.1) is 0 Å². The van der Waals surface area contributed by atoms with E-state index in [0.717, 1.165) is 32.7 Å². The molecule has 100 valence electrons. The van der Waals surface area contributed by atoms with Gasteiger partial charge in [-0.2, -0.15) is 0 Å². The van der Waals surface area contributed by atoms with Gasteiger partial charge in [0.05, 0.1) is 0 Å². The van der Waals surface area contributed by atoms with E-state index in [1.165, 1.54) is 0 Å². The summed E-state index contributed by atoms with van der Waals surface area (Å²) in [5, 5.41) is 0. The van der Waals surface area contributed by atoms with E-state index in [1.54, 1.807) is 4.90 Å². The maximum atomic E-state index is 11.8. The van der Waals surface area contributed by atoms with Crippen molar-refractivity contribution in [1.29, 1.82) is 0 Å². The highest BCUT2D eigenvalue weighted by atomic mass is 16.6. The van der Waals surface area contributed by atoms with Crippen LogP contribution in [0.5, 0.6) is 0 Å². The molecule has 0 radical (unpaired) electrons. The lowest BCUT2D eigenvalue weighted by atomic mass is 10.2. The molecule has 2 N–H and O–H groups in total. The van der Waals surface area contributed by atoms with Crippen LogP contribution in [0.1, 0.15) is 27.7 Å². The van der Waals surface area contributed by atoms with Gasteiger partial charge in [0.15, 0.2) is 0 Å². The summed E-state index contributed by atoms with van der Waals surface area (Å²) in [6.07, 6.45) is -0.210. The maximum absolute atomic E-state index is 11.8. The number of nitrogens with two attached hydrogens (primary N) is 1. The first-order chi connectivity index (χ1) is 7.78. The molecule has 1 fully saturated rings. The van der Waals surface area contributed by atoms with Crippen LogP contribution < -0.4 is 5.73 Å². The molecule has 1 aliphatic heterocycles. The third-order valence-corrected chi connectivity index (χ3v) is 2.57. The first-order valence-corrected chi connectivity index (χ1v) is 6.24. The molecule has 0 aromatic rings. The maximum Gasteiger partial charge on any atom is 0.410 e. The molecule has 1 rings (SSSR count). The van der Waals surface area contributed by atoms with Gasteiger partial charge in [-0.25, -0.2) is 4.79 Å². The topological polar surface area (TPSA) is 58.8 Å². The summed E-state index contributed by atoms with van der Waals surface area (Å²) in [4.78, 5) is 15.9. The third kappa shape index (κ3) is 5.37. The largest absolute Gasteiger partial charge is 0.444 e. The van der Waals surface area contributed by atoms with Crippen molar-refractivity contribution in [3.8, 4) is 0 Å². The molecule has 0 spiro atoms. The zero-order valence-electron chi connectivity index (χ0n) is 11.4. The van der Waals surface area contributed by atoms with Gasteiger partial charge in [-0.1, -0.05) is 0 Å². The smallest absolute Gasteiger partial charge is 0.410 e. The average Bonchev–Trinajstić information content (AvgIpc) is 2.15. The fourth-order valence-corrected chi connectivity index (χ4v) is 1.85. The number of hydrogen-bond acceptors (Lipinski definition) is 4. The summed E-state index contributed by atoms with van der Waals surface area (Å²) in [6.45, 7) is 11.7. The summed E-state index contributed by atoms with van der Waals surface area (Å²) >= 11 is 0. The van der Waals surface area contributed by atoms with E-state index < -0.39 is 5.60 Å². The van der Waals surface area contributed by atoms with Crippen molar-refractivity contribution >= 4 is 6.09 Å². The van der Waals surface area contributed by atoms with Gasteiger partial charge in [0, 0.05) is 38.8 Å². The van der Waals surface area contributed by atoms with Crippen LogP contribution >= 0.6 is 0 Å². The predicted octanol–water partition coefficient (Wildman–Crippen LogP) is 0.886. The number of amides is 1. The monoisotopic (exact) mass is 243 g/mol. The molecule has 1 aliphatic rings. The van der Waals surface area contributed by atoms with Gasteiger partial charge in [-0.05, 0) is 27.7 Å². The Morgan fingerprint density at radius 3 is 2.24 bits per heavy atom. The molecule has 0 saturated carbocycles. The Morgan fingerprint density at radius 2 is 1.82 bits per heavy atom. The van der Waals surface area contributed by atoms with Crippen LogP contribution in [-0.2, 0) is 4.74 Å². The van der Waals surface area contributed by atoms with Crippen molar-refractivity contribution in [2.45, 2.75) is 39.3 Å². The summed E-state index contributed by atoms with van der Waals surface area (Å²) in [6, 6.07) is 0.183. The molecule has 1 saturated heterocycles. The highest BCUT2D eigenvalue weighted by molar-refractivity contribution is 5.68. The fourth-order valence-electron chi connectivity index (χ4n) is 1.85. The fraction of sp³-hybridized carbons (Fsp3) is 0.917. The van der Waals surface area contributed by atoms with E-state index in [4.69, 9.17) is 10.5 Å². The Morgan fingerprint density at radius 1 is 1.29 bits per heavy atom. The van der Waals surface area contributed by atoms with E-state index in [-0.39, 0.29) is 12.1 Å². The second-order valence-corrected chi connectivity index (χ2v) is 5.75. The van der Waals surface area contributed by atoms with Crippen LogP contribution in [0, 0.1) is 0 Å². The molecule has 0 bridgehead atoms. The molecule has 0 aromatic carbocycles. The van der Waals surface area contributed by atoms with E-state index in [1.807, 2.05) is 27.7 Å². The van der Waals surface area contributed by atoms with Crippen LogP contribution in [0.2, 0.25) is 0 Å². The van der Waals surface area contributed by atoms with E-state index >= 15 is 0 Å². The van der Waals surface area contributed by atoms with Gasteiger partial charge in [0.2, 0.25) is 0 Å². The van der Waals surface area contributed by atoms with E-state index in [9.17, 15) is 4.79 Å². The average molecular weight is 243 g/mol. The summed E-state index contributed by atoms with van der Waals surface area (Å²) < 4.78 is 5.34. The summed E-state index contributed by atoms with van der Waals surface area (Å²) in [5.74, 6) is 0. The first kappa shape index (κ1) is 14.3. The molecule has 17 heavy (non-hydrogen) atoms. The van der Waals surface area contributed by atoms with Crippen LogP contribution in [0.3, 0.4) is 0 Å². The van der Waals surface area contributed by atoms with Crippen molar-refractivity contribution in [1.82, 2.24) is 9.80 Å². The van der Waals surface area contributed by atoms with Crippen LogP contribution in [0.15, 0.2) is 0 Å². The zero-order valence-corrected chi connectivity index (χ0v) is 11.4. The molecule has 1 amide bonds. The highest BCUT2D eigenvalue weighted by Gasteiger charge is 2.25. The van der Waals surface area contributed by atoms with Crippen molar-refractivity contribution < 1.29 is 9.53 Å². The van der Waals surface area contributed by atoms with Gasteiger partial charge < -0.3 is 15.4 Å². The third-order valence-electron chi connectivity index (χ3n) is 2.57. The Kier molecular flexibility index (Phi) is 4.77. The molecule has 1 heterocycles. The number of ether oxygens (including phenoxy) is 1. The first-order valence-electron chi connectivity index (χ1n) is 6.24. The normalized spacial score (nSPS) is 20.2. The van der Waals surface area contributed by atoms with Gasteiger partial charge >= 0.3 is 6.09 Å². The van der Waals surface area contributed by atoms with Crippen molar-refractivity contribution in [2.75, 3.05) is 32.7 Å². The van der Waals surface area contributed by atoms with Gasteiger partial charge in [0.1, 0.15) is 5.60 Å². The second kappa shape index (κ2) is 5.69. The molecule has 0 aliphatic carbocycles. The molecule has 5 heteroatoms. The molecule has 0 aromatic heterocycles. The lowest BCUT2D eigenvalue weighted by Gasteiger charge is -2.36. The Balaban J connectivity index is 2.34. The predicted molar refractivity (Wildman–Crippen MR) is 67.9 cm³/mol. The Hall–Kier alpha value is -0.810. The number of carbonyl (C=O) groups is 1. The summed E-state index contributed by atoms with van der Waals surface area (Å²) in [5.41, 5.74) is 5.34. The molecule has 5 nitrogen and oxygen atoms in total. The quantitative estimate of drug-likeness (QED) is 0.782. The lowest BCUT2D eigenvalue weighted by Crippen LogP contribution is -2.51. The SMILES string of the molecule is CC(N)CN1CCN(C(=O)OC(C)(C)C)CC1. The standard InChI is InChI=1S/C12H25N3O2/c1-10(13)9-14-5-7-15(8-6-14)11(16)17-12(2,3)4/h10H,5-9,13H2,1-4H3. The van der Waals surface area contributed by atoms with Crippen LogP contribution in [0.25, 0.3) is 0 Å². The van der Waals surface area contributed by atoms with Crippen molar-refractivity contribution in [3.63, 3.8) is 0 Å². The minimum absolute atomic E-state index is 0.183. The number of carbonyl (C=O) groups excluding carboxylic acids is 1. The van der Waals surface area contributed by atoms with Gasteiger partial charge in [0.25, 0.3) is 0 Å². The van der Waals surface area contributed by atoms with E-state index in [2.05, 4.69) is 4.90 Å². The van der Waals surface area contributed by atoms with Crippen LogP contribution in [-0.4, -0.2) is 60.3 Å².